The Bertz CT molecular complexity index is 649. The fourth-order valence-corrected chi connectivity index (χ4v) is 5.70. The van der Waals surface area contributed by atoms with Crippen molar-refractivity contribution < 1.29 is 19.1 Å². The van der Waals surface area contributed by atoms with Crippen LogP contribution in [0.2, 0.25) is 5.02 Å². The van der Waals surface area contributed by atoms with Crippen LogP contribution < -0.4 is 0 Å². The molecule has 0 unspecified atom stereocenters. The topological polar surface area (TPSA) is 52.6 Å². The first kappa shape index (κ1) is 16.9. The zero-order chi connectivity index (χ0) is 17.4. The number of rotatable bonds is 5. The third kappa shape index (κ3) is 3.29. The smallest absolute Gasteiger partial charge is 0.339 e. The summed E-state index contributed by atoms with van der Waals surface area (Å²) < 4.78 is 10.7. The van der Waals surface area contributed by atoms with Crippen molar-refractivity contribution in [1.29, 1.82) is 0 Å². The molecule has 5 heteroatoms. The first-order chi connectivity index (χ1) is 12.1. The van der Waals surface area contributed by atoms with Crippen LogP contribution in [-0.2, 0) is 14.3 Å². The van der Waals surface area contributed by atoms with Gasteiger partial charge in [-0.2, -0.15) is 0 Å². The maximum absolute atomic E-state index is 12.7. The lowest BCUT2D eigenvalue weighted by Crippen LogP contribution is -2.50. The highest BCUT2D eigenvalue weighted by molar-refractivity contribution is 6.33. The number of hydrogen-bond donors (Lipinski definition) is 0. The van der Waals surface area contributed by atoms with Crippen LogP contribution in [0.5, 0.6) is 0 Å². The molecule has 0 aromatic heterocycles. The quantitative estimate of drug-likeness (QED) is 0.580. The molecular weight excluding hydrogens is 340 g/mol. The minimum absolute atomic E-state index is 0.0577. The Morgan fingerprint density at radius 1 is 0.960 bits per heavy atom. The summed E-state index contributed by atoms with van der Waals surface area (Å²) in [7, 11) is 0. The largest absolute Gasteiger partial charge is 0.462 e. The number of halogens is 1. The van der Waals surface area contributed by atoms with Crippen molar-refractivity contribution in [2.75, 3.05) is 13.2 Å². The molecule has 134 valence electrons. The second kappa shape index (κ2) is 6.64. The molecule has 4 aliphatic carbocycles. The lowest BCUT2D eigenvalue weighted by molar-refractivity contribution is -0.172. The molecule has 0 radical (unpaired) electrons. The van der Waals surface area contributed by atoms with E-state index in [2.05, 4.69) is 0 Å². The minimum Gasteiger partial charge on any atom is -0.462 e. The van der Waals surface area contributed by atoms with E-state index >= 15 is 0 Å². The van der Waals surface area contributed by atoms with Gasteiger partial charge in [0.1, 0.15) is 13.2 Å². The first-order valence-corrected chi connectivity index (χ1v) is 9.52. The molecule has 5 rings (SSSR count). The summed E-state index contributed by atoms with van der Waals surface area (Å²) in [5.41, 5.74) is 0.0678. The van der Waals surface area contributed by atoms with Gasteiger partial charge in [-0.05, 0) is 68.4 Å². The second-order valence-electron chi connectivity index (χ2n) is 7.95. The van der Waals surface area contributed by atoms with Crippen LogP contribution in [0.1, 0.15) is 48.9 Å². The standard InChI is InChI=1S/C20H23ClO4/c21-17-4-2-1-3-16(17)18(22)24-5-6-25-19(23)20-10-13-7-14(11-20)9-15(8-13)12-20/h1-4,13-15H,5-12H2. The molecule has 0 heterocycles. The summed E-state index contributed by atoms with van der Waals surface area (Å²) in [4.78, 5) is 24.7. The van der Waals surface area contributed by atoms with E-state index in [0.717, 1.165) is 19.3 Å². The van der Waals surface area contributed by atoms with Crippen LogP contribution in [-0.4, -0.2) is 25.2 Å². The highest BCUT2D eigenvalue weighted by Crippen LogP contribution is 2.60. The summed E-state index contributed by atoms with van der Waals surface area (Å²) in [6, 6.07) is 6.75. The molecule has 0 saturated heterocycles. The Kier molecular flexibility index (Phi) is 4.48. The number of ether oxygens (including phenoxy) is 2. The molecule has 4 nitrogen and oxygen atoms in total. The normalized spacial score (nSPS) is 32.4. The third-order valence-corrected chi connectivity index (χ3v) is 6.44. The minimum atomic E-state index is -0.489. The molecule has 25 heavy (non-hydrogen) atoms. The molecule has 1 aromatic rings. The predicted molar refractivity (Wildman–Crippen MR) is 93.3 cm³/mol. The van der Waals surface area contributed by atoms with Crippen LogP contribution in [0, 0.1) is 23.2 Å². The Labute approximate surface area is 152 Å². The molecule has 4 aliphatic rings. The Morgan fingerprint density at radius 2 is 1.52 bits per heavy atom. The Balaban J connectivity index is 1.27. The van der Waals surface area contributed by atoms with Gasteiger partial charge in [-0.15, -0.1) is 0 Å². The molecule has 0 aliphatic heterocycles. The fraction of sp³-hybridized carbons (Fsp3) is 0.600. The van der Waals surface area contributed by atoms with E-state index in [1.165, 1.54) is 19.3 Å². The Morgan fingerprint density at radius 3 is 2.12 bits per heavy atom. The lowest BCUT2D eigenvalue weighted by Gasteiger charge is -2.55. The van der Waals surface area contributed by atoms with Gasteiger partial charge in [0, 0.05) is 0 Å². The Hall–Kier alpha value is -1.55. The van der Waals surface area contributed by atoms with E-state index in [1.807, 2.05) is 0 Å². The van der Waals surface area contributed by atoms with Gasteiger partial charge in [-0.3, -0.25) is 4.79 Å². The van der Waals surface area contributed by atoms with Crippen molar-refractivity contribution in [2.45, 2.75) is 38.5 Å². The summed E-state index contributed by atoms with van der Waals surface area (Å²) >= 11 is 5.97. The molecule has 0 atom stereocenters. The first-order valence-electron chi connectivity index (χ1n) is 9.15. The fourth-order valence-electron chi connectivity index (χ4n) is 5.49. The zero-order valence-electron chi connectivity index (χ0n) is 14.2. The average molecular weight is 363 g/mol. The van der Waals surface area contributed by atoms with Crippen LogP contribution in [0.25, 0.3) is 0 Å². The van der Waals surface area contributed by atoms with Gasteiger partial charge < -0.3 is 9.47 Å². The number of carbonyl (C=O) groups is 2. The highest BCUT2D eigenvalue weighted by Gasteiger charge is 2.55. The maximum atomic E-state index is 12.7. The van der Waals surface area contributed by atoms with Crippen LogP contribution in [0.3, 0.4) is 0 Å². The molecule has 0 spiro atoms. The van der Waals surface area contributed by atoms with Gasteiger partial charge in [0.05, 0.1) is 16.0 Å². The summed E-state index contributed by atoms with van der Waals surface area (Å²) in [5, 5.41) is 0.359. The summed E-state index contributed by atoms with van der Waals surface area (Å²) in [6.07, 6.45) is 6.83. The molecule has 4 saturated carbocycles. The van der Waals surface area contributed by atoms with Crippen molar-refractivity contribution in [3.8, 4) is 0 Å². The summed E-state index contributed by atoms with van der Waals surface area (Å²) in [5.74, 6) is 1.54. The number of benzene rings is 1. The SMILES string of the molecule is O=C(OCCOC(=O)C12CC3CC(CC(C3)C1)C2)c1ccccc1Cl. The van der Waals surface area contributed by atoms with E-state index < -0.39 is 5.97 Å². The van der Waals surface area contributed by atoms with E-state index in [4.69, 9.17) is 21.1 Å². The van der Waals surface area contributed by atoms with Crippen molar-refractivity contribution in [2.24, 2.45) is 23.2 Å². The zero-order valence-corrected chi connectivity index (χ0v) is 15.0. The third-order valence-electron chi connectivity index (χ3n) is 6.11. The number of hydrogen-bond acceptors (Lipinski definition) is 4. The lowest BCUT2D eigenvalue weighted by atomic mass is 9.49. The number of carbonyl (C=O) groups excluding carboxylic acids is 2. The molecule has 0 N–H and O–H groups in total. The van der Waals surface area contributed by atoms with Crippen molar-refractivity contribution in [1.82, 2.24) is 0 Å². The summed E-state index contributed by atoms with van der Waals surface area (Å²) in [6.45, 7) is 0.166. The molecule has 0 amide bonds. The predicted octanol–water partition coefficient (Wildman–Crippen LogP) is 4.26. The average Bonchev–Trinajstić information content (AvgIpc) is 2.57. The van der Waals surface area contributed by atoms with Crippen molar-refractivity contribution >= 4 is 23.5 Å². The van der Waals surface area contributed by atoms with Crippen LogP contribution in [0.15, 0.2) is 24.3 Å². The molecule has 4 bridgehead atoms. The van der Waals surface area contributed by atoms with E-state index in [9.17, 15) is 9.59 Å². The van der Waals surface area contributed by atoms with E-state index in [1.54, 1.807) is 24.3 Å². The number of esters is 2. The van der Waals surface area contributed by atoms with E-state index in [-0.39, 0.29) is 24.6 Å². The highest BCUT2D eigenvalue weighted by atomic mass is 35.5. The van der Waals surface area contributed by atoms with E-state index in [0.29, 0.717) is 28.3 Å². The second-order valence-corrected chi connectivity index (χ2v) is 8.36. The monoisotopic (exact) mass is 362 g/mol. The van der Waals surface area contributed by atoms with Crippen molar-refractivity contribution in [3.63, 3.8) is 0 Å². The molecular formula is C20H23ClO4. The van der Waals surface area contributed by atoms with Crippen LogP contribution >= 0.6 is 11.6 Å². The maximum Gasteiger partial charge on any atom is 0.339 e. The molecule has 1 aromatic carbocycles. The van der Waals surface area contributed by atoms with Crippen molar-refractivity contribution in [3.05, 3.63) is 34.9 Å². The van der Waals surface area contributed by atoms with Gasteiger partial charge in [-0.25, -0.2) is 4.79 Å². The van der Waals surface area contributed by atoms with Gasteiger partial charge in [0.2, 0.25) is 0 Å². The molecule has 4 fully saturated rings. The van der Waals surface area contributed by atoms with Crippen LogP contribution in [0.4, 0.5) is 0 Å². The van der Waals surface area contributed by atoms with Gasteiger partial charge in [-0.1, -0.05) is 23.7 Å². The van der Waals surface area contributed by atoms with Gasteiger partial charge in [0.25, 0.3) is 0 Å². The van der Waals surface area contributed by atoms with Gasteiger partial charge >= 0.3 is 11.9 Å². The van der Waals surface area contributed by atoms with Gasteiger partial charge in [0.15, 0.2) is 0 Å².